The second-order valence-corrected chi connectivity index (χ2v) is 3.26. The molecular formula is C10H16O. The van der Waals surface area contributed by atoms with Gasteiger partial charge in [-0.05, 0) is 31.8 Å². The minimum absolute atomic E-state index is 0.371. The lowest BCUT2D eigenvalue weighted by Gasteiger charge is -1.99. The number of hydrogen-bond acceptors (Lipinski definition) is 1. The van der Waals surface area contributed by atoms with Crippen molar-refractivity contribution in [3.05, 3.63) is 11.1 Å². The highest BCUT2D eigenvalue weighted by atomic mass is 16.1. The highest BCUT2D eigenvalue weighted by Crippen LogP contribution is 2.26. The molecule has 0 saturated heterocycles. The van der Waals surface area contributed by atoms with Gasteiger partial charge in [0.2, 0.25) is 0 Å². The monoisotopic (exact) mass is 152 g/mol. The molecule has 11 heavy (non-hydrogen) atoms. The Morgan fingerprint density at radius 2 is 2.09 bits per heavy atom. The summed E-state index contributed by atoms with van der Waals surface area (Å²) >= 11 is 0. The van der Waals surface area contributed by atoms with Crippen molar-refractivity contribution in [2.24, 2.45) is 0 Å². The summed E-state index contributed by atoms with van der Waals surface area (Å²) in [5.41, 5.74) is 2.47. The molecular weight excluding hydrogens is 136 g/mol. The van der Waals surface area contributed by atoms with E-state index in [4.69, 9.17) is 0 Å². The van der Waals surface area contributed by atoms with Crippen LogP contribution in [0.5, 0.6) is 0 Å². The largest absolute Gasteiger partial charge is 0.295 e. The van der Waals surface area contributed by atoms with Gasteiger partial charge in [0.05, 0.1) is 0 Å². The molecule has 0 bridgehead atoms. The van der Waals surface area contributed by atoms with Crippen molar-refractivity contribution in [1.82, 2.24) is 0 Å². The molecule has 0 N–H and O–H groups in total. The molecule has 1 heteroatoms. The van der Waals surface area contributed by atoms with E-state index in [1.807, 2.05) is 6.92 Å². The molecule has 1 nitrogen and oxygen atoms in total. The lowest BCUT2D eigenvalue weighted by molar-refractivity contribution is -0.114. The summed E-state index contributed by atoms with van der Waals surface area (Å²) in [6.07, 6.45) is 5.41. The second-order valence-electron chi connectivity index (χ2n) is 3.26. The second kappa shape index (κ2) is 3.70. The zero-order chi connectivity index (χ0) is 8.27. The topological polar surface area (TPSA) is 17.1 Å². The molecule has 62 valence electrons. The third kappa shape index (κ3) is 1.92. The minimum atomic E-state index is 0.371. The van der Waals surface area contributed by atoms with Crippen LogP contribution in [0.2, 0.25) is 0 Å². The predicted molar refractivity (Wildman–Crippen MR) is 46.5 cm³/mol. The van der Waals surface area contributed by atoms with Gasteiger partial charge in [-0.3, -0.25) is 4.79 Å². The van der Waals surface area contributed by atoms with E-state index in [0.717, 1.165) is 24.8 Å². The Morgan fingerprint density at radius 1 is 1.36 bits per heavy atom. The molecule has 0 amide bonds. The maximum Gasteiger partial charge on any atom is 0.158 e. The maximum atomic E-state index is 11.1. The highest BCUT2D eigenvalue weighted by molar-refractivity contribution is 5.98. The summed E-state index contributed by atoms with van der Waals surface area (Å²) in [5, 5.41) is 0. The molecule has 0 saturated carbocycles. The van der Waals surface area contributed by atoms with Crippen molar-refractivity contribution in [1.29, 1.82) is 0 Å². The SMILES string of the molecule is CCCCC1=C(C)C(=O)CC1. The first-order valence-electron chi connectivity index (χ1n) is 4.47. The minimum Gasteiger partial charge on any atom is -0.295 e. The number of unbranched alkanes of at least 4 members (excludes halogenated alkanes) is 1. The van der Waals surface area contributed by atoms with Crippen LogP contribution in [-0.2, 0) is 4.79 Å². The molecule has 1 aliphatic carbocycles. The fourth-order valence-electron chi connectivity index (χ4n) is 1.54. The van der Waals surface area contributed by atoms with Crippen molar-refractivity contribution in [3.8, 4) is 0 Å². The number of hydrogen-bond donors (Lipinski definition) is 0. The molecule has 0 radical (unpaired) electrons. The third-order valence-corrected chi connectivity index (χ3v) is 2.43. The summed E-state index contributed by atoms with van der Waals surface area (Å²) in [5.74, 6) is 0.371. The fourth-order valence-corrected chi connectivity index (χ4v) is 1.54. The van der Waals surface area contributed by atoms with E-state index in [0.29, 0.717) is 5.78 Å². The molecule has 0 fully saturated rings. The molecule has 0 aromatic heterocycles. The first-order chi connectivity index (χ1) is 5.25. The molecule has 1 rings (SSSR count). The van der Waals surface area contributed by atoms with Gasteiger partial charge in [0.25, 0.3) is 0 Å². The van der Waals surface area contributed by atoms with Crippen LogP contribution in [0.3, 0.4) is 0 Å². The predicted octanol–water partition coefficient (Wildman–Crippen LogP) is 2.86. The zero-order valence-corrected chi connectivity index (χ0v) is 7.44. The normalized spacial score (nSPS) is 18.2. The number of carbonyl (C=O) groups is 1. The quantitative estimate of drug-likeness (QED) is 0.607. The number of carbonyl (C=O) groups excluding carboxylic acids is 1. The van der Waals surface area contributed by atoms with Gasteiger partial charge in [0.1, 0.15) is 0 Å². The van der Waals surface area contributed by atoms with Crippen molar-refractivity contribution < 1.29 is 4.79 Å². The van der Waals surface area contributed by atoms with Gasteiger partial charge < -0.3 is 0 Å². The summed E-state index contributed by atoms with van der Waals surface area (Å²) in [6.45, 7) is 4.16. The van der Waals surface area contributed by atoms with E-state index < -0.39 is 0 Å². The van der Waals surface area contributed by atoms with Crippen molar-refractivity contribution >= 4 is 5.78 Å². The van der Waals surface area contributed by atoms with Crippen LogP contribution in [-0.4, -0.2) is 5.78 Å². The first-order valence-corrected chi connectivity index (χ1v) is 4.47. The highest BCUT2D eigenvalue weighted by Gasteiger charge is 2.17. The van der Waals surface area contributed by atoms with E-state index in [1.165, 1.54) is 18.4 Å². The van der Waals surface area contributed by atoms with Crippen molar-refractivity contribution in [3.63, 3.8) is 0 Å². The standard InChI is InChI=1S/C10H16O/c1-3-4-5-9-6-7-10(11)8(9)2/h3-7H2,1-2H3. The van der Waals surface area contributed by atoms with Gasteiger partial charge in [-0.1, -0.05) is 18.9 Å². The Hall–Kier alpha value is -0.590. The maximum absolute atomic E-state index is 11.1. The summed E-state index contributed by atoms with van der Waals surface area (Å²) in [4.78, 5) is 11.1. The van der Waals surface area contributed by atoms with Gasteiger partial charge in [-0.2, -0.15) is 0 Å². The number of Topliss-reactive ketones (excluding diaryl/α,β-unsaturated/α-hetero) is 1. The molecule has 0 heterocycles. The summed E-state index contributed by atoms with van der Waals surface area (Å²) in [7, 11) is 0. The van der Waals surface area contributed by atoms with Gasteiger partial charge in [-0.25, -0.2) is 0 Å². The Balaban J connectivity index is 2.50. The first kappa shape index (κ1) is 8.51. The molecule has 0 unspecified atom stereocenters. The van der Waals surface area contributed by atoms with Crippen molar-refractivity contribution in [2.45, 2.75) is 46.0 Å². The molecule has 0 aliphatic heterocycles. The van der Waals surface area contributed by atoms with Crippen LogP contribution < -0.4 is 0 Å². The number of rotatable bonds is 3. The summed E-state index contributed by atoms with van der Waals surface area (Å²) < 4.78 is 0. The molecule has 0 aromatic rings. The Bertz CT molecular complexity index is 189. The van der Waals surface area contributed by atoms with Gasteiger partial charge in [0, 0.05) is 6.42 Å². The Labute approximate surface area is 68.5 Å². The van der Waals surface area contributed by atoms with Crippen molar-refractivity contribution in [2.75, 3.05) is 0 Å². The van der Waals surface area contributed by atoms with Gasteiger partial charge in [0.15, 0.2) is 5.78 Å². The lowest BCUT2D eigenvalue weighted by Crippen LogP contribution is -1.90. The van der Waals surface area contributed by atoms with Crippen LogP contribution in [0.1, 0.15) is 46.0 Å². The zero-order valence-electron chi connectivity index (χ0n) is 7.44. The Kier molecular flexibility index (Phi) is 2.86. The fraction of sp³-hybridized carbons (Fsp3) is 0.700. The Morgan fingerprint density at radius 3 is 2.55 bits per heavy atom. The molecule has 1 aliphatic rings. The van der Waals surface area contributed by atoms with E-state index in [2.05, 4.69) is 6.92 Å². The van der Waals surface area contributed by atoms with E-state index in [1.54, 1.807) is 0 Å². The molecule has 0 atom stereocenters. The van der Waals surface area contributed by atoms with Crippen LogP contribution >= 0.6 is 0 Å². The van der Waals surface area contributed by atoms with Gasteiger partial charge in [-0.15, -0.1) is 0 Å². The van der Waals surface area contributed by atoms with E-state index in [-0.39, 0.29) is 0 Å². The smallest absolute Gasteiger partial charge is 0.158 e. The van der Waals surface area contributed by atoms with Crippen LogP contribution in [0.15, 0.2) is 11.1 Å². The van der Waals surface area contributed by atoms with E-state index >= 15 is 0 Å². The molecule has 0 aromatic carbocycles. The lowest BCUT2D eigenvalue weighted by atomic mass is 10.1. The number of ketones is 1. The molecule has 0 spiro atoms. The van der Waals surface area contributed by atoms with Crippen LogP contribution in [0, 0.1) is 0 Å². The summed E-state index contributed by atoms with van der Waals surface area (Å²) in [6, 6.07) is 0. The average Bonchev–Trinajstić information content (AvgIpc) is 2.31. The third-order valence-electron chi connectivity index (χ3n) is 2.43. The van der Waals surface area contributed by atoms with E-state index in [9.17, 15) is 4.79 Å². The van der Waals surface area contributed by atoms with Crippen LogP contribution in [0.4, 0.5) is 0 Å². The average molecular weight is 152 g/mol. The number of allylic oxidation sites excluding steroid dienone is 2. The van der Waals surface area contributed by atoms with Crippen LogP contribution in [0.25, 0.3) is 0 Å². The van der Waals surface area contributed by atoms with Gasteiger partial charge >= 0.3 is 0 Å².